The lowest BCUT2D eigenvalue weighted by atomic mass is 9.95. The first-order valence-corrected chi connectivity index (χ1v) is 16.4. The third-order valence-electron chi connectivity index (χ3n) is 7.00. The second kappa shape index (κ2) is 14.2. The average Bonchev–Trinajstić information content (AvgIpc) is 3.30. The number of ether oxygens (including phenoxy) is 4. The van der Waals surface area contributed by atoms with Crippen LogP contribution in [-0.4, -0.2) is 30.4 Å². The van der Waals surface area contributed by atoms with E-state index in [0.717, 1.165) is 5.56 Å². The van der Waals surface area contributed by atoms with Gasteiger partial charge in [0.2, 0.25) is 0 Å². The van der Waals surface area contributed by atoms with Crippen molar-refractivity contribution >= 4 is 50.9 Å². The van der Waals surface area contributed by atoms with Gasteiger partial charge in [-0.1, -0.05) is 41.1 Å². The minimum absolute atomic E-state index is 0.0846. The van der Waals surface area contributed by atoms with Gasteiger partial charge in [0, 0.05) is 0 Å². The van der Waals surface area contributed by atoms with Gasteiger partial charge < -0.3 is 18.9 Å². The number of carbonyl (C=O) groups is 1. The normalized spacial score (nSPS) is 14.6. The molecule has 8 nitrogen and oxygen atoms in total. The summed E-state index contributed by atoms with van der Waals surface area (Å²) in [5.74, 6) is 0.534. The zero-order chi connectivity index (χ0) is 33.1. The molecule has 0 radical (unpaired) electrons. The number of esters is 1. The van der Waals surface area contributed by atoms with E-state index in [1.54, 1.807) is 56.3 Å². The summed E-state index contributed by atoms with van der Waals surface area (Å²) >= 11 is 11.3. The first kappa shape index (κ1) is 33.4. The van der Waals surface area contributed by atoms with Crippen LogP contribution in [0.5, 0.6) is 17.2 Å². The molecular formula is C34H31BrClFN2O6S. The minimum Gasteiger partial charge on any atom is -0.493 e. The van der Waals surface area contributed by atoms with Crippen molar-refractivity contribution in [2.75, 3.05) is 13.7 Å². The number of hydrogen-bond acceptors (Lipinski definition) is 8. The summed E-state index contributed by atoms with van der Waals surface area (Å²) in [5.41, 5.74) is 2.42. The van der Waals surface area contributed by atoms with E-state index in [4.69, 9.17) is 30.5 Å². The van der Waals surface area contributed by atoms with Gasteiger partial charge in [0.1, 0.15) is 12.4 Å². The second-order valence-corrected chi connectivity index (χ2v) is 12.9. The summed E-state index contributed by atoms with van der Waals surface area (Å²) in [4.78, 5) is 32.4. The van der Waals surface area contributed by atoms with E-state index in [2.05, 4.69) is 20.9 Å². The van der Waals surface area contributed by atoms with Gasteiger partial charge in [-0.05, 0) is 103 Å². The van der Waals surface area contributed by atoms with E-state index in [9.17, 15) is 14.0 Å². The van der Waals surface area contributed by atoms with Crippen LogP contribution in [0.4, 0.5) is 4.39 Å². The molecule has 3 aromatic carbocycles. The van der Waals surface area contributed by atoms with Crippen LogP contribution >= 0.6 is 38.9 Å². The van der Waals surface area contributed by atoms with Gasteiger partial charge in [-0.2, -0.15) is 0 Å². The number of fused-ring (bicyclic) bond motifs is 1. The molecule has 46 heavy (non-hydrogen) atoms. The molecule has 5 rings (SSSR count). The highest BCUT2D eigenvalue weighted by Crippen LogP contribution is 2.37. The topological polar surface area (TPSA) is 88.4 Å². The third kappa shape index (κ3) is 7.06. The number of nitrogens with zero attached hydrogens (tertiary/aromatic N) is 2. The van der Waals surface area contributed by atoms with E-state index >= 15 is 0 Å². The summed E-state index contributed by atoms with van der Waals surface area (Å²) in [6.07, 6.45) is 1.63. The summed E-state index contributed by atoms with van der Waals surface area (Å²) in [5, 5.41) is 0.324. The smallest absolute Gasteiger partial charge is 0.338 e. The number of thiazole rings is 1. The first-order chi connectivity index (χ1) is 22.0. The van der Waals surface area contributed by atoms with Crippen molar-refractivity contribution in [3.05, 3.63) is 118 Å². The molecule has 0 saturated heterocycles. The molecule has 240 valence electrons. The van der Waals surface area contributed by atoms with E-state index in [1.165, 1.54) is 35.1 Å². The molecule has 0 spiro atoms. The number of methoxy groups -OCH3 is 1. The van der Waals surface area contributed by atoms with Crippen molar-refractivity contribution in [1.29, 1.82) is 0 Å². The van der Waals surface area contributed by atoms with Crippen LogP contribution in [0.2, 0.25) is 5.02 Å². The predicted octanol–water partition coefficient (Wildman–Crippen LogP) is 6.73. The number of benzene rings is 3. The summed E-state index contributed by atoms with van der Waals surface area (Å²) < 4.78 is 38.5. The van der Waals surface area contributed by atoms with Crippen molar-refractivity contribution in [3.8, 4) is 17.2 Å². The number of aromatic nitrogens is 1. The fourth-order valence-corrected chi connectivity index (χ4v) is 7.04. The van der Waals surface area contributed by atoms with Crippen LogP contribution in [0.3, 0.4) is 0 Å². The van der Waals surface area contributed by atoms with Crippen LogP contribution in [0, 0.1) is 5.82 Å². The highest BCUT2D eigenvalue weighted by molar-refractivity contribution is 9.10. The van der Waals surface area contributed by atoms with Crippen LogP contribution in [0.1, 0.15) is 50.4 Å². The molecule has 1 aliphatic heterocycles. The van der Waals surface area contributed by atoms with Crippen molar-refractivity contribution in [2.45, 2.75) is 46.4 Å². The fraction of sp³-hybridized carbons (Fsp3) is 0.265. The van der Waals surface area contributed by atoms with E-state index in [-0.39, 0.29) is 36.3 Å². The van der Waals surface area contributed by atoms with Crippen LogP contribution in [0.25, 0.3) is 6.08 Å². The molecule has 0 saturated carbocycles. The van der Waals surface area contributed by atoms with E-state index in [0.29, 0.717) is 52.9 Å². The zero-order valence-corrected chi connectivity index (χ0v) is 28.9. The Balaban J connectivity index is 1.57. The number of carbonyl (C=O) groups excluding carboxylic acids is 1. The molecular weight excluding hydrogens is 699 g/mol. The SMILES string of the molecule is CCOC(=O)C1=C(C)N=c2s/c(=C\c3cc(Cl)c(OCc4ccc(F)cc4)c(Br)c3)c(=O)n2[C@@H]1c1ccc(OC(C)C)c(OC)c1. The lowest BCUT2D eigenvalue weighted by Crippen LogP contribution is -2.40. The molecule has 0 fully saturated rings. The average molecular weight is 730 g/mol. The minimum atomic E-state index is -0.822. The fourth-order valence-electron chi connectivity index (χ4n) is 5.00. The molecule has 12 heteroatoms. The van der Waals surface area contributed by atoms with Crippen molar-refractivity contribution in [2.24, 2.45) is 4.99 Å². The van der Waals surface area contributed by atoms with Crippen LogP contribution < -0.4 is 29.1 Å². The highest BCUT2D eigenvalue weighted by Gasteiger charge is 2.34. The van der Waals surface area contributed by atoms with Crippen molar-refractivity contribution in [1.82, 2.24) is 4.57 Å². The van der Waals surface area contributed by atoms with Gasteiger partial charge >= 0.3 is 5.97 Å². The monoisotopic (exact) mass is 728 g/mol. The molecule has 1 atom stereocenters. The zero-order valence-electron chi connectivity index (χ0n) is 25.7. The van der Waals surface area contributed by atoms with Gasteiger partial charge in [0.15, 0.2) is 22.0 Å². The summed E-state index contributed by atoms with van der Waals surface area (Å²) in [6.45, 7) is 7.63. The van der Waals surface area contributed by atoms with Crippen molar-refractivity contribution < 1.29 is 28.1 Å². The van der Waals surface area contributed by atoms with Gasteiger partial charge in [-0.25, -0.2) is 14.2 Å². The maximum Gasteiger partial charge on any atom is 0.338 e. The predicted molar refractivity (Wildman–Crippen MR) is 179 cm³/mol. The Morgan fingerprint density at radius 1 is 1.15 bits per heavy atom. The maximum atomic E-state index is 14.1. The lowest BCUT2D eigenvalue weighted by Gasteiger charge is -2.25. The first-order valence-electron chi connectivity index (χ1n) is 14.4. The Bertz CT molecular complexity index is 1980. The quantitative estimate of drug-likeness (QED) is 0.168. The lowest BCUT2D eigenvalue weighted by molar-refractivity contribution is -0.139. The van der Waals surface area contributed by atoms with Crippen LogP contribution in [-0.2, 0) is 16.1 Å². The molecule has 0 aliphatic carbocycles. The highest BCUT2D eigenvalue weighted by atomic mass is 79.9. The van der Waals surface area contributed by atoms with Gasteiger partial charge in [0.25, 0.3) is 5.56 Å². The van der Waals surface area contributed by atoms with E-state index < -0.39 is 12.0 Å². The standard InChI is InChI=1S/C34H31BrClFN2O6S/c1-6-43-33(41)29-19(4)38-34-39(30(29)22-9-12-26(45-18(2)3)27(16-22)42-5)32(40)28(46-34)15-21-13-24(35)31(25(36)14-21)44-17-20-7-10-23(37)11-8-20/h7-16,18,30H,6,17H2,1-5H3/b28-15-/t30-/m1/s1. The Hall–Kier alpha value is -3.93. The van der Waals surface area contributed by atoms with Gasteiger partial charge in [-0.15, -0.1) is 0 Å². The Kier molecular flexibility index (Phi) is 10.3. The summed E-state index contributed by atoms with van der Waals surface area (Å²) in [7, 11) is 1.54. The Labute approximate surface area is 282 Å². The largest absolute Gasteiger partial charge is 0.493 e. The molecule has 4 aromatic rings. The Morgan fingerprint density at radius 3 is 2.54 bits per heavy atom. The number of hydrogen-bond donors (Lipinski definition) is 0. The molecule has 0 amide bonds. The number of allylic oxidation sites excluding steroid dienone is 1. The number of halogens is 3. The molecule has 0 unspecified atom stereocenters. The van der Waals surface area contributed by atoms with Crippen LogP contribution in [0.15, 0.2) is 80.1 Å². The molecule has 1 aliphatic rings. The molecule has 0 bridgehead atoms. The molecule has 2 heterocycles. The Morgan fingerprint density at radius 2 is 1.89 bits per heavy atom. The molecule has 0 N–H and O–H groups in total. The second-order valence-electron chi connectivity index (χ2n) is 10.6. The maximum absolute atomic E-state index is 14.1. The van der Waals surface area contributed by atoms with Crippen molar-refractivity contribution in [3.63, 3.8) is 0 Å². The summed E-state index contributed by atoms with van der Waals surface area (Å²) in [6, 6.07) is 14.0. The van der Waals surface area contributed by atoms with E-state index in [1.807, 2.05) is 19.9 Å². The molecule has 1 aromatic heterocycles. The third-order valence-corrected chi connectivity index (χ3v) is 8.85. The van der Waals surface area contributed by atoms with Gasteiger partial charge in [-0.3, -0.25) is 9.36 Å². The van der Waals surface area contributed by atoms with Gasteiger partial charge in [0.05, 0.1) is 51.2 Å². The number of rotatable bonds is 10.